The van der Waals surface area contributed by atoms with Crippen LogP contribution in [0.2, 0.25) is 0 Å². The van der Waals surface area contributed by atoms with Crippen LogP contribution in [0.15, 0.2) is 28.9 Å². The Morgan fingerprint density at radius 3 is 3.06 bits per heavy atom. The number of hydrogen-bond donors (Lipinski definition) is 3. The Balaban J connectivity index is 2.32. The van der Waals surface area contributed by atoms with Crippen LogP contribution < -0.4 is 5.32 Å². The van der Waals surface area contributed by atoms with E-state index < -0.39 is 6.10 Å². The molecule has 1 aromatic heterocycles. The Hall–Kier alpha value is -1.33. The molecule has 2 aromatic rings. The van der Waals surface area contributed by atoms with E-state index in [0.717, 1.165) is 15.4 Å². The number of aliphatic hydroxyl groups is 1. The van der Waals surface area contributed by atoms with Crippen molar-refractivity contribution in [2.24, 2.45) is 0 Å². The number of aliphatic hydroxyl groups excluding tert-OH is 1. The average molecular weight is 297 g/mol. The Morgan fingerprint density at radius 1 is 1.59 bits per heavy atom. The topological polar surface area (TPSA) is 65.1 Å². The molecule has 1 aromatic carbocycles. The van der Waals surface area contributed by atoms with Crippen LogP contribution in [-0.4, -0.2) is 28.6 Å². The molecule has 1 atom stereocenters. The molecule has 0 aliphatic heterocycles. The van der Waals surface area contributed by atoms with Gasteiger partial charge in [0.1, 0.15) is 0 Å². The summed E-state index contributed by atoms with van der Waals surface area (Å²) in [5.74, 6) is -0.191. The van der Waals surface area contributed by atoms with Gasteiger partial charge in [0.25, 0.3) is 5.91 Å². The molecule has 5 heteroatoms. The molecule has 0 aliphatic carbocycles. The van der Waals surface area contributed by atoms with Crippen LogP contribution in [0.1, 0.15) is 17.3 Å². The van der Waals surface area contributed by atoms with Crippen molar-refractivity contribution in [1.29, 1.82) is 0 Å². The predicted molar refractivity (Wildman–Crippen MR) is 70.0 cm³/mol. The van der Waals surface area contributed by atoms with Gasteiger partial charge in [-0.25, -0.2) is 0 Å². The Bertz CT molecular complexity index is 548. The second-order valence-corrected chi connectivity index (χ2v) is 4.78. The van der Waals surface area contributed by atoms with Crippen LogP contribution in [0, 0.1) is 0 Å². The van der Waals surface area contributed by atoms with Gasteiger partial charge in [-0.05, 0) is 19.1 Å². The smallest absolute Gasteiger partial charge is 0.253 e. The van der Waals surface area contributed by atoms with Crippen LogP contribution in [0.5, 0.6) is 0 Å². The van der Waals surface area contributed by atoms with Gasteiger partial charge in [0.05, 0.1) is 11.7 Å². The summed E-state index contributed by atoms with van der Waals surface area (Å²) in [4.78, 5) is 15.0. The Morgan fingerprint density at radius 2 is 2.35 bits per heavy atom. The van der Waals surface area contributed by atoms with Crippen LogP contribution in [0.25, 0.3) is 10.9 Å². The van der Waals surface area contributed by atoms with Gasteiger partial charge in [0.15, 0.2) is 0 Å². The molecular weight excluding hydrogens is 284 g/mol. The van der Waals surface area contributed by atoms with Gasteiger partial charge >= 0.3 is 0 Å². The second-order valence-electron chi connectivity index (χ2n) is 3.92. The van der Waals surface area contributed by atoms with E-state index in [2.05, 4.69) is 26.2 Å². The number of benzene rings is 1. The molecule has 2 rings (SSSR count). The number of H-pyrrole nitrogens is 1. The number of hydrogen-bond acceptors (Lipinski definition) is 2. The molecule has 0 fully saturated rings. The number of rotatable bonds is 3. The lowest BCUT2D eigenvalue weighted by atomic mass is 10.1. The van der Waals surface area contributed by atoms with E-state index >= 15 is 0 Å². The summed E-state index contributed by atoms with van der Waals surface area (Å²) in [5.41, 5.74) is 1.48. The quantitative estimate of drug-likeness (QED) is 0.811. The molecule has 90 valence electrons. The van der Waals surface area contributed by atoms with Crippen molar-refractivity contribution in [2.45, 2.75) is 13.0 Å². The number of carbonyl (C=O) groups excluding carboxylic acids is 1. The largest absolute Gasteiger partial charge is 0.392 e. The van der Waals surface area contributed by atoms with Crippen molar-refractivity contribution in [3.63, 3.8) is 0 Å². The fourth-order valence-electron chi connectivity index (χ4n) is 1.65. The van der Waals surface area contributed by atoms with Gasteiger partial charge in [-0.3, -0.25) is 4.79 Å². The monoisotopic (exact) mass is 296 g/mol. The normalized spacial score (nSPS) is 12.6. The number of carbonyl (C=O) groups is 1. The van der Waals surface area contributed by atoms with Gasteiger partial charge in [-0.1, -0.05) is 22.0 Å². The number of halogens is 1. The van der Waals surface area contributed by atoms with E-state index in [1.54, 1.807) is 13.1 Å². The maximum Gasteiger partial charge on any atom is 0.253 e. The van der Waals surface area contributed by atoms with Gasteiger partial charge in [-0.2, -0.15) is 0 Å². The zero-order valence-corrected chi connectivity index (χ0v) is 10.9. The number of amides is 1. The molecule has 1 amide bonds. The first-order valence-corrected chi connectivity index (χ1v) is 6.10. The van der Waals surface area contributed by atoms with Crippen LogP contribution in [0.4, 0.5) is 0 Å². The summed E-state index contributed by atoms with van der Waals surface area (Å²) >= 11 is 3.43. The molecule has 0 spiro atoms. The molecule has 0 radical (unpaired) electrons. The third kappa shape index (κ3) is 2.50. The molecule has 0 saturated carbocycles. The maximum absolute atomic E-state index is 11.9. The molecular formula is C12H13BrN2O2. The third-order valence-corrected chi connectivity index (χ3v) is 3.12. The van der Waals surface area contributed by atoms with Crippen LogP contribution in [-0.2, 0) is 0 Å². The number of fused-ring (bicyclic) bond motifs is 1. The fraction of sp³-hybridized carbons (Fsp3) is 0.250. The van der Waals surface area contributed by atoms with E-state index in [-0.39, 0.29) is 12.5 Å². The highest BCUT2D eigenvalue weighted by molar-refractivity contribution is 9.10. The van der Waals surface area contributed by atoms with Crippen molar-refractivity contribution < 1.29 is 9.90 Å². The number of aromatic nitrogens is 1. The van der Waals surface area contributed by atoms with Crippen molar-refractivity contribution in [1.82, 2.24) is 10.3 Å². The lowest BCUT2D eigenvalue weighted by molar-refractivity contribution is 0.0925. The van der Waals surface area contributed by atoms with Gasteiger partial charge < -0.3 is 15.4 Å². The first kappa shape index (κ1) is 12.1. The summed E-state index contributed by atoms with van der Waals surface area (Å²) in [6.45, 7) is 1.88. The molecule has 0 saturated heterocycles. The summed E-state index contributed by atoms with van der Waals surface area (Å²) in [7, 11) is 0. The van der Waals surface area contributed by atoms with E-state index in [9.17, 15) is 4.79 Å². The lowest BCUT2D eigenvalue weighted by Crippen LogP contribution is -2.30. The molecule has 3 N–H and O–H groups in total. The highest BCUT2D eigenvalue weighted by atomic mass is 79.9. The van der Waals surface area contributed by atoms with Gasteiger partial charge in [-0.15, -0.1) is 0 Å². The fourth-order valence-corrected chi connectivity index (χ4v) is 2.23. The first-order chi connectivity index (χ1) is 8.09. The van der Waals surface area contributed by atoms with Gasteiger partial charge in [0, 0.05) is 28.1 Å². The zero-order chi connectivity index (χ0) is 12.4. The van der Waals surface area contributed by atoms with E-state index in [0.29, 0.717) is 5.56 Å². The predicted octanol–water partition coefficient (Wildman–Crippen LogP) is 2.04. The van der Waals surface area contributed by atoms with Crippen LogP contribution >= 0.6 is 15.9 Å². The highest BCUT2D eigenvalue weighted by Gasteiger charge is 2.14. The van der Waals surface area contributed by atoms with Crippen LogP contribution in [0.3, 0.4) is 0 Å². The van der Waals surface area contributed by atoms with Crippen molar-refractivity contribution in [2.75, 3.05) is 6.54 Å². The minimum absolute atomic E-state index is 0.191. The maximum atomic E-state index is 11.9. The SMILES string of the molecule is CC(O)CNC(=O)c1c[nH]c2cccc(Br)c12. The van der Waals surface area contributed by atoms with Crippen molar-refractivity contribution in [3.8, 4) is 0 Å². The minimum atomic E-state index is -0.549. The Kier molecular flexibility index (Phi) is 3.49. The van der Waals surface area contributed by atoms with Gasteiger partial charge in [0.2, 0.25) is 0 Å². The summed E-state index contributed by atoms with van der Waals surface area (Å²) in [6, 6.07) is 5.70. The van der Waals surface area contributed by atoms with Crippen molar-refractivity contribution >= 4 is 32.7 Å². The van der Waals surface area contributed by atoms with E-state index in [1.807, 2.05) is 18.2 Å². The molecule has 0 aliphatic rings. The third-order valence-electron chi connectivity index (χ3n) is 2.46. The molecule has 0 bridgehead atoms. The standard InChI is InChI=1S/C12H13BrN2O2/c1-7(16)5-15-12(17)8-6-14-10-4-2-3-9(13)11(8)10/h2-4,6-7,14,16H,5H2,1H3,(H,15,17). The average Bonchev–Trinajstić information content (AvgIpc) is 2.71. The van der Waals surface area contributed by atoms with E-state index in [1.165, 1.54) is 0 Å². The van der Waals surface area contributed by atoms with E-state index in [4.69, 9.17) is 5.11 Å². The zero-order valence-electron chi connectivity index (χ0n) is 9.33. The number of aromatic amines is 1. The summed E-state index contributed by atoms with van der Waals surface area (Å²) in [5, 5.41) is 12.7. The molecule has 1 heterocycles. The summed E-state index contributed by atoms with van der Waals surface area (Å²) < 4.78 is 0.874. The highest BCUT2D eigenvalue weighted by Crippen LogP contribution is 2.26. The molecule has 1 unspecified atom stereocenters. The summed E-state index contributed by atoms with van der Waals surface area (Å²) in [6.07, 6.45) is 1.12. The second kappa shape index (κ2) is 4.89. The molecule has 17 heavy (non-hydrogen) atoms. The lowest BCUT2D eigenvalue weighted by Gasteiger charge is -2.06. The Labute approximate surface area is 107 Å². The van der Waals surface area contributed by atoms with Crippen molar-refractivity contribution in [3.05, 3.63) is 34.4 Å². The minimum Gasteiger partial charge on any atom is -0.392 e. The number of nitrogens with one attached hydrogen (secondary N) is 2. The molecule has 4 nitrogen and oxygen atoms in total. The first-order valence-electron chi connectivity index (χ1n) is 5.31.